The molecule has 0 bridgehead atoms. The third-order valence-corrected chi connectivity index (χ3v) is 3.60. The molecule has 0 spiro atoms. The number of halogens is 2. The lowest BCUT2D eigenvalue weighted by molar-refractivity contribution is 0.292. The molecule has 0 unspecified atom stereocenters. The Hall–Kier alpha value is -0.560. The number of fused-ring (bicyclic) bond motifs is 1. The maximum absolute atomic E-state index is 5.84. The molecule has 0 aliphatic heterocycles. The minimum atomic E-state index is 0.219. The van der Waals surface area contributed by atoms with Crippen LogP contribution in [0.5, 0.6) is 5.88 Å². The summed E-state index contributed by atoms with van der Waals surface area (Å²) in [6, 6.07) is 0. The fourth-order valence-corrected chi connectivity index (χ4v) is 2.33. The first-order valence-electron chi connectivity index (χ1n) is 5.07. The second kappa shape index (κ2) is 4.03. The zero-order valence-corrected chi connectivity index (χ0v) is 11.2. The fourth-order valence-electron chi connectivity index (χ4n) is 1.52. The summed E-state index contributed by atoms with van der Waals surface area (Å²) in [6.45, 7) is 0.726. The number of nitrogens with one attached hydrogen (secondary N) is 1. The number of aromatic amines is 1. The van der Waals surface area contributed by atoms with E-state index < -0.39 is 0 Å². The molecule has 1 saturated carbocycles. The molecule has 1 fully saturated rings. The predicted octanol–water partition coefficient (Wildman–Crippen LogP) is 3.00. The van der Waals surface area contributed by atoms with E-state index in [0.717, 1.165) is 21.2 Å². The lowest BCUT2D eigenvalue weighted by atomic mass is 10.4. The van der Waals surface area contributed by atoms with Gasteiger partial charge in [0, 0.05) is 9.77 Å². The van der Waals surface area contributed by atoms with Crippen molar-refractivity contribution >= 4 is 45.2 Å². The summed E-state index contributed by atoms with van der Waals surface area (Å²) >= 11 is 8.07. The molecular formula is C10H9ClIN3O. The van der Waals surface area contributed by atoms with Crippen molar-refractivity contribution in [2.24, 2.45) is 5.92 Å². The average molecular weight is 350 g/mol. The van der Waals surface area contributed by atoms with Crippen LogP contribution in [0.3, 0.4) is 0 Å². The van der Waals surface area contributed by atoms with Crippen molar-refractivity contribution in [1.29, 1.82) is 0 Å². The molecule has 3 rings (SSSR count). The van der Waals surface area contributed by atoms with Gasteiger partial charge in [0.25, 0.3) is 0 Å². The largest absolute Gasteiger partial charge is 0.477 e. The van der Waals surface area contributed by atoms with Crippen LogP contribution in [0.1, 0.15) is 12.8 Å². The molecule has 2 aromatic rings. The van der Waals surface area contributed by atoms with Crippen LogP contribution in [0.25, 0.3) is 11.0 Å². The maximum atomic E-state index is 5.84. The summed E-state index contributed by atoms with van der Waals surface area (Å²) in [7, 11) is 0. The molecule has 1 aliphatic carbocycles. The highest BCUT2D eigenvalue weighted by molar-refractivity contribution is 14.1. The van der Waals surface area contributed by atoms with Crippen molar-refractivity contribution in [1.82, 2.24) is 15.0 Å². The fraction of sp³-hybridized carbons (Fsp3) is 0.400. The van der Waals surface area contributed by atoms with Crippen LogP contribution in [-0.4, -0.2) is 21.6 Å². The first-order chi connectivity index (χ1) is 7.74. The normalized spacial score (nSPS) is 15.6. The number of aromatic nitrogens is 3. The van der Waals surface area contributed by atoms with Gasteiger partial charge in [-0.1, -0.05) is 0 Å². The molecule has 2 aromatic heterocycles. The zero-order chi connectivity index (χ0) is 11.1. The molecule has 0 saturated heterocycles. The number of hydrogen-bond acceptors (Lipinski definition) is 3. The van der Waals surface area contributed by atoms with E-state index in [1.165, 1.54) is 12.8 Å². The summed E-state index contributed by atoms with van der Waals surface area (Å²) in [6.07, 6.45) is 4.39. The van der Waals surface area contributed by atoms with E-state index in [-0.39, 0.29) is 5.28 Å². The third kappa shape index (κ3) is 1.98. The second-order valence-electron chi connectivity index (χ2n) is 3.91. The maximum Gasteiger partial charge on any atom is 0.228 e. The smallest absolute Gasteiger partial charge is 0.228 e. The lowest BCUT2D eigenvalue weighted by Crippen LogP contribution is -2.02. The Balaban J connectivity index is 2.01. The van der Waals surface area contributed by atoms with Gasteiger partial charge in [-0.05, 0) is 53.0 Å². The third-order valence-electron chi connectivity index (χ3n) is 2.58. The standard InChI is InChI=1S/C10H9ClIN3O/c11-10-14-8-7(6(12)3-13-8)9(15-10)16-4-5-1-2-5/h3,5H,1-2,4H2,(H,13,14,15). The van der Waals surface area contributed by atoms with Gasteiger partial charge in [-0.15, -0.1) is 0 Å². The van der Waals surface area contributed by atoms with E-state index in [0.29, 0.717) is 11.8 Å². The number of nitrogens with zero attached hydrogens (tertiary/aromatic N) is 2. The van der Waals surface area contributed by atoms with Gasteiger partial charge in [0.1, 0.15) is 5.65 Å². The molecule has 2 heterocycles. The van der Waals surface area contributed by atoms with E-state index in [4.69, 9.17) is 16.3 Å². The van der Waals surface area contributed by atoms with E-state index >= 15 is 0 Å². The van der Waals surface area contributed by atoms with Gasteiger partial charge in [-0.2, -0.15) is 9.97 Å². The Morgan fingerprint density at radius 2 is 2.31 bits per heavy atom. The topological polar surface area (TPSA) is 50.8 Å². The van der Waals surface area contributed by atoms with Crippen LogP contribution in [0.15, 0.2) is 6.20 Å². The summed E-state index contributed by atoms with van der Waals surface area (Å²) in [4.78, 5) is 11.3. The predicted molar refractivity (Wildman–Crippen MR) is 69.8 cm³/mol. The molecule has 6 heteroatoms. The Morgan fingerprint density at radius 3 is 3.06 bits per heavy atom. The van der Waals surface area contributed by atoms with E-state index in [1.54, 1.807) is 0 Å². The number of ether oxygens (including phenoxy) is 1. The average Bonchev–Trinajstić information content (AvgIpc) is 3.00. The van der Waals surface area contributed by atoms with E-state index in [2.05, 4.69) is 37.5 Å². The summed E-state index contributed by atoms with van der Waals surface area (Å²) in [5, 5.41) is 1.14. The van der Waals surface area contributed by atoms with E-state index in [9.17, 15) is 0 Å². The highest BCUT2D eigenvalue weighted by Gasteiger charge is 2.23. The molecule has 0 atom stereocenters. The minimum Gasteiger partial charge on any atom is -0.477 e. The van der Waals surface area contributed by atoms with Gasteiger partial charge in [0.2, 0.25) is 11.2 Å². The van der Waals surface area contributed by atoms with Crippen LogP contribution in [0.4, 0.5) is 0 Å². The summed E-state index contributed by atoms with van der Waals surface area (Å²) in [5.74, 6) is 1.29. The molecule has 84 valence electrons. The van der Waals surface area contributed by atoms with E-state index in [1.807, 2.05) is 6.20 Å². The Morgan fingerprint density at radius 1 is 1.50 bits per heavy atom. The van der Waals surface area contributed by atoms with Crippen molar-refractivity contribution in [3.05, 3.63) is 15.1 Å². The monoisotopic (exact) mass is 349 g/mol. The quantitative estimate of drug-likeness (QED) is 0.684. The Labute approximate surface area is 111 Å². The van der Waals surface area contributed by atoms with Crippen molar-refractivity contribution in [2.45, 2.75) is 12.8 Å². The van der Waals surface area contributed by atoms with Gasteiger partial charge < -0.3 is 9.72 Å². The highest BCUT2D eigenvalue weighted by atomic mass is 127. The zero-order valence-electron chi connectivity index (χ0n) is 8.33. The van der Waals surface area contributed by atoms with Crippen molar-refractivity contribution in [2.75, 3.05) is 6.61 Å². The molecule has 1 N–H and O–H groups in total. The van der Waals surface area contributed by atoms with Crippen molar-refractivity contribution in [3.63, 3.8) is 0 Å². The Kier molecular flexibility index (Phi) is 2.67. The van der Waals surface area contributed by atoms with Gasteiger partial charge in [0.05, 0.1) is 12.0 Å². The first-order valence-corrected chi connectivity index (χ1v) is 6.52. The second-order valence-corrected chi connectivity index (χ2v) is 5.41. The van der Waals surface area contributed by atoms with Crippen molar-refractivity contribution < 1.29 is 4.74 Å². The molecule has 1 aliphatic rings. The summed E-state index contributed by atoms with van der Waals surface area (Å²) < 4.78 is 6.75. The van der Waals surface area contributed by atoms with Gasteiger partial charge in [-0.3, -0.25) is 0 Å². The summed E-state index contributed by atoms with van der Waals surface area (Å²) in [5.41, 5.74) is 0.732. The van der Waals surface area contributed by atoms with Crippen LogP contribution in [-0.2, 0) is 0 Å². The molecule has 0 aromatic carbocycles. The molecule has 0 radical (unpaired) electrons. The van der Waals surface area contributed by atoms with Crippen LogP contribution in [0.2, 0.25) is 5.28 Å². The number of H-pyrrole nitrogens is 1. The molecule has 0 amide bonds. The molecular weight excluding hydrogens is 340 g/mol. The highest BCUT2D eigenvalue weighted by Crippen LogP contribution is 2.32. The van der Waals surface area contributed by atoms with Gasteiger partial charge >= 0.3 is 0 Å². The van der Waals surface area contributed by atoms with Crippen LogP contribution >= 0.6 is 34.2 Å². The molecule has 16 heavy (non-hydrogen) atoms. The number of hydrogen-bond donors (Lipinski definition) is 1. The van der Waals surface area contributed by atoms with Gasteiger partial charge in [0.15, 0.2) is 0 Å². The SMILES string of the molecule is Clc1nc(OCC2CC2)c2c(I)c[nH]c2n1. The van der Waals surface area contributed by atoms with Crippen molar-refractivity contribution in [3.8, 4) is 5.88 Å². The van der Waals surface area contributed by atoms with Crippen LogP contribution in [0, 0.1) is 9.49 Å². The number of rotatable bonds is 3. The minimum absolute atomic E-state index is 0.219. The lowest BCUT2D eigenvalue weighted by Gasteiger charge is -2.05. The first kappa shape index (κ1) is 10.6. The van der Waals surface area contributed by atoms with Crippen LogP contribution < -0.4 is 4.74 Å². The molecule has 4 nitrogen and oxygen atoms in total. The van der Waals surface area contributed by atoms with Gasteiger partial charge in [-0.25, -0.2) is 0 Å². The Bertz CT molecular complexity index is 538.